The molecule has 0 aliphatic carbocycles. The average Bonchev–Trinajstić information content (AvgIpc) is 2.52. The molecule has 0 amide bonds. The first-order chi connectivity index (χ1) is 10.6. The van der Waals surface area contributed by atoms with E-state index in [2.05, 4.69) is 0 Å². The van der Waals surface area contributed by atoms with E-state index >= 15 is 0 Å². The molecule has 0 spiro atoms. The summed E-state index contributed by atoms with van der Waals surface area (Å²) in [4.78, 5) is 22.7. The first-order valence-electron chi connectivity index (χ1n) is 6.47. The Bertz CT molecular complexity index is 574. The Morgan fingerprint density at radius 3 is 1.26 bits per heavy atom. The van der Waals surface area contributed by atoms with Crippen LogP contribution in [0.15, 0.2) is 60.7 Å². The molecule has 0 saturated heterocycles. The summed E-state index contributed by atoms with van der Waals surface area (Å²) >= 11 is 0. The number of carboxylic acid groups (broad SMARTS) is 2. The van der Waals surface area contributed by atoms with Crippen molar-refractivity contribution in [3.8, 4) is 11.5 Å². The van der Waals surface area contributed by atoms with Gasteiger partial charge < -0.3 is 19.7 Å². The van der Waals surface area contributed by atoms with Crippen molar-refractivity contribution in [2.45, 2.75) is 12.2 Å². The van der Waals surface area contributed by atoms with Crippen molar-refractivity contribution in [3.05, 3.63) is 60.7 Å². The Morgan fingerprint density at radius 2 is 1.00 bits per heavy atom. The first-order valence-corrected chi connectivity index (χ1v) is 6.47. The molecule has 2 unspecified atom stereocenters. The third-order valence-electron chi connectivity index (χ3n) is 2.77. The molecular formula is C16H15NaO6. The number of carboxylic acids is 2. The summed E-state index contributed by atoms with van der Waals surface area (Å²) in [6, 6.07) is 16.2. The predicted octanol–water partition coefficient (Wildman–Crippen LogP) is 1.40. The molecule has 7 heteroatoms. The quantitative estimate of drug-likeness (QED) is 0.747. The summed E-state index contributed by atoms with van der Waals surface area (Å²) in [5, 5.41) is 18.5. The van der Waals surface area contributed by atoms with Crippen molar-refractivity contribution >= 4 is 41.5 Å². The number of aliphatic carboxylic acids is 2. The van der Waals surface area contributed by atoms with Gasteiger partial charge >= 0.3 is 41.5 Å². The minimum absolute atomic E-state index is 0. The molecule has 2 rings (SSSR count). The number of ether oxygens (including phenoxy) is 2. The van der Waals surface area contributed by atoms with Gasteiger partial charge in [0.25, 0.3) is 0 Å². The molecule has 0 aromatic heterocycles. The number of rotatable bonds is 7. The van der Waals surface area contributed by atoms with Crippen molar-refractivity contribution in [1.82, 2.24) is 0 Å². The summed E-state index contributed by atoms with van der Waals surface area (Å²) in [7, 11) is 0. The number of carbonyl (C=O) groups is 2. The van der Waals surface area contributed by atoms with Crippen LogP contribution in [0.5, 0.6) is 11.5 Å². The first kappa shape index (κ1) is 19.0. The zero-order valence-electron chi connectivity index (χ0n) is 11.5. The molecule has 0 aliphatic rings. The number of para-hydroxylation sites is 2. The van der Waals surface area contributed by atoms with Crippen LogP contribution in [-0.2, 0) is 9.59 Å². The van der Waals surface area contributed by atoms with E-state index in [1.54, 1.807) is 36.4 Å². The van der Waals surface area contributed by atoms with E-state index in [1.807, 2.05) is 0 Å². The summed E-state index contributed by atoms with van der Waals surface area (Å²) in [6.45, 7) is 0. The monoisotopic (exact) mass is 326 g/mol. The molecule has 23 heavy (non-hydrogen) atoms. The van der Waals surface area contributed by atoms with Crippen LogP contribution in [0.4, 0.5) is 0 Å². The molecule has 2 N–H and O–H groups in total. The van der Waals surface area contributed by atoms with Gasteiger partial charge in [0.05, 0.1) is 0 Å². The van der Waals surface area contributed by atoms with E-state index in [4.69, 9.17) is 9.47 Å². The fraction of sp³-hybridized carbons (Fsp3) is 0.125. The van der Waals surface area contributed by atoms with Crippen molar-refractivity contribution < 1.29 is 29.3 Å². The molecule has 0 fully saturated rings. The second-order valence-electron chi connectivity index (χ2n) is 4.38. The summed E-state index contributed by atoms with van der Waals surface area (Å²) in [5.41, 5.74) is 0. The van der Waals surface area contributed by atoms with E-state index in [0.717, 1.165) is 0 Å². The molecule has 0 aliphatic heterocycles. The van der Waals surface area contributed by atoms with Gasteiger partial charge in [-0.25, -0.2) is 9.59 Å². The van der Waals surface area contributed by atoms with E-state index in [-0.39, 0.29) is 41.1 Å². The molecule has 6 nitrogen and oxygen atoms in total. The Hall–Kier alpha value is -2.02. The van der Waals surface area contributed by atoms with Crippen molar-refractivity contribution in [3.63, 3.8) is 0 Å². The van der Waals surface area contributed by atoms with Gasteiger partial charge in [0.1, 0.15) is 11.5 Å². The van der Waals surface area contributed by atoms with Crippen LogP contribution in [0.25, 0.3) is 0 Å². The van der Waals surface area contributed by atoms with E-state index < -0.39 is 24.1 Å². The summed E-state index contributed by atoms with van der Waals surface area (Å²) in [6.07, 6.45) is -3.36. The maximum atomic E-state index is 11.4. The molecule has 2 aromatic rings. The van der Waals surface area contributed by atoms with Gasteiger partial charge in [-0.15, -0.1) is 0 Å². The van der Waals surface area contributed by atoms with Gasteiger partial charge in [-0.05, 0) is 24.3 Å². The third kappa shape index (κ3) is 5.59. The minimum atomic E-state index is -1.68. The van der Waals surface area contributed by atoms with Crippen LogP contribution in [0.2, 0.25) is 0 Å². The molecule has 0 radical (unpaired) electrons. The molecule has 116 valence electrons. The molecular weight excluding hydrogens is 311 g/mol. The van der Waals surface area contributed by atoms with Gasteiger partial charge in [-0.2, -0.15) is 0 Å². The van der Waals surface area contributed by atoms with Crippen LogP contribution in [-0.4, -0.2) is 63.9 Å². The molecule has 0 saturated carbocycles. The second-order valence-corrected chi connectivity index (χ2v) is 4.38. The van der Waals surface area contributed by atoms with Gasteiger partial charge in [-0.3, -0.25) is 0 Å². The number of benzene rings is 2. The van der Waals surface area contributed by atoms with E-state index in [9.17, 15) is 19.8 Å². The van der Waals surface area contributed by atoms with Crippen LogP contribution in [0.3, 0.4) is 0 Å². The van der Waals surface area contributed by atoms with Crippen LogP contribution in [0.1, 0.15) is 0 Å². The number of hydrogen-bond donors (Lipinski definition) is 2. The molecule has 2 atom stereocenters. The van der Waals surface area contributed by atoms with E-state index in [1.165, 1.54) is 24.3 Å². The van der Waals surface area contributed by atoms with Crippen LogP contribution < -0.4 is 9.47 Å². The third-order valence-corrected chi connectivity index (χ3v) is 2.77. The van der Waals surface area contributed by atoms with Gasteiger partial charge in [0, 0.05) is 0 Å². The SMILES string of the molecule is O=C(O)C(Oc1ccccc1)C(Oc1ccccc1)C(=O)O.[NaH]. The average molecular weight is 326 g/mol. The molecule has 0 heterocycles. The van der Waals surface area contributed by atoms with Gasteiger partial charge in [-0.1, -0.05) is 36.4 Å². The van der Waals surface area contributed by atoms with Crippen molar-refractivity contribution in [1.29, 1.82) is 0 Å². The molecule has 2 aromatic carbocycles. The van der Waals surface area contributed by atoms with Crippen LogP contribution >= 0.6 is 0 Å². The second kappa shape index (κ2) is 9.19. The van der Waals surface area contributed by atoms with Gasteiger partial charge in [0.15, 0.2) is 0 Å². The normalized spacial score (nSPS) is 12.3. The zero-order chi connectivity index (χ0) is 15.9. The zero-order valence-corrected chi connectivity index (χ0v) is 11.5. The Morgan fingerprint density at radius 1 is 0.696 bits per heavy atom. The fourth-order valence-electron chi connectivity index (χ4n) is 1.77. The summed E-state index contributed by atoms with van der Waals surface area (Å²) in [5.74, 6) is -2.35. The van der Waals surface area contributed by atoms with Crippen molar-refractivity contribution in [2.75, 3.05) is 0 Å². The standard InChI is InChI=1S/C16H14O6.Na.H/c17-15(18)13(21-11-7-3-1-4-8-11)14(16(19)20)22-12-9-5-2-6-10-12;;/h1-10,13-14H,(H,17,18)(H,19,20);;. The Kier molecular flexibility index (Phi) is 7.61. The van der Waals surface area contributed by atoms with E-state index in [0.29, 0.717) is 0 Å². The Balaban J connectivity index is 0.00000264. The molecule has 0 bridgehead atoms. The van der Waals surface area contributed by atoms with Crippen LogP contribution in [0, 0.1) is 0 Å². The predicted molar refractivity (Wildman–Crippen MR) is 84.1 cm³/mol. The number of hydrogen-bond acceptors (Lipinski definition) is 4. The van der Waals surface area contributed by atoms with Crippen molar-refractivity contribution in [2.24, 2.45) is 0 Å². The maximum absolute atomic E-state index is 11.4. The fourth-order valence-corrected chi connectivity index (χ4v) is 1.77. The topological polar surface area (TPSA) is 93.1 Å². The Labute approximate surface area is 155 Å². The summed E-state index contributed by atoms with van der Waals surface area (Å²) < 4.78 is 10.5. The van der Waals surface area contributed by atoms with Gasteiger partial charge in [0.2, 0.25) is 12.2 Å².